The van der Waals surface area contributed by atoms with Gasteiger partial charge in [0.15, 0.2) is 5.82 Å². The quantitative estimate of drug-likeness (QED) is 0.776. The fourth-order valence-electron chi connectivity index (χ4n) is 2.20. The van der Waals surface area contributed by atoms with Crippen molar-refractivity contribution in [3.05, 3.63) is 33.7 Å². The molecule has 1 fully saturated rings. The summed E-state index contributed by atoms with van der Waals surface area (Å²) < 4.78 is 6.55. The zero-order valence-corrected chi connectivity index (χ0v) is 14.0. The number of benzene rings is 1. The lowest BCUT2D eigenvalue weighted by molar-refractivity contribution is 0.190. The van der Waals surface area contributed by atoms with Crippen LogP contribution in [0, 0.1) is 3.57 Å². The normalized spacial score (nSPS) is 19.6. The van der Waals surface area contributed by atoms with Crippen LogP contribution in [0.5, 0.6) is 0 Å². The van der Waals surface area contributed by atoms with Crippen LogP contribution in [0.15, 0.2) is 28.8 Å². The maximum Gasteiger partial charge on any atom is 0.258 e. The monoisotopic (exact) mass is 406 g/mol. The first-order valence-corrected chi connectivity index (χ1v) is 7.32. The van der Waals surface area contributed by atoms with Crippen molar-refractivity contribution in [3.8, 4) is 11.5 Å². The first-order chi connectivity index (χ1) is 9.24. The molecule has 1 aromatic carbocycles. The number of hydrogen-bond donors (Lipinski definition) is 1. The number of nitrogens with zero attached hydrogens (tertiary/aromatic N) is 3. The van der Waals surface area contributed by atoms with Gasteiger partial charge in [-0.05, 0) is 47.8 Å². The second kappa shape index (κ2) is 6.84. The molecule has 2 heterocycles. The number of aromatic nitrogens is 2. The van der Waals surface area contributed by atoms with Gasteiger partial charge in [0.2, 0.25) is 0 Å². The van der Waals surface area contributed by atoms with Gasteiger partial charge in [0.1, 0.15) is 0 Å². The Balaban J connectivity index is 0.00000147. The predicted octanol–water partition coefficient (Wildman–Crippen LogP) is 2.34. The van der Waals surface area contributed by atoms with Crippen LogP contribution in [0.25, 0.3) is 11.5 Å². The number of likely N-dealkylation sites (N-methyl/N-ethyl adjacent to an activating group) is 1. The minimum atomic E-state index is 0. The molecule has 0 spiro atoms. The Hall–Kier alpha value is -0.700. The largest absolute Gasteiger partial charge is 0.334 e. The van der Waals surface area contributed by atoms with Crippen LogP contribution < -0.4 is 5.32 Å². The topological polar surface area (TPSA) is 54.2 Å². The maximum atomic E-state index is 5.39. The number of hydrogen-bond acceptors (Lipinski definition) is 5. The van der Waals surface area contributed by atoms with Crippen molar-refractivity contribution in [1.82, 2.24) is 20.4 Å². The maximum absolute atomic E-state index is 5.39. The van der Waals surface area contributed by atoms with Gasteiger partial charge in [-0.3, -0.25) is 4.90 Å². The molecule has 1 atom stereocenters. The predicted molar refractivity (Wildman–Crippen MR) is 87.9 cm³/mol. The van der Waals surface area contributed by atoms with E-state index in [1.807, 2.05) is 24.3 Å². The van der Waals surface area contributed by atoms with Gasteiger partial charge in [-0.25, -0.2) is 0 Å². The fourth-order valence-corrected chi connectivity index (χ4v) is 2.75. The van der Waals surface area contributed by atoms with E-state index in [0.717, 1.165) is 34.6 Å². The minimum absolute atomic E-state index is 0. The summed E-state index contributed by atoms with van der Waals surface area (Å²) in [6, 6.07) is 8.26. The van der Waals surface area contributed by atoms with Gasteiger partial charge in [0.05, 0.1) is 6.04 Å². The summed E-state index contributed by atoms with van der Waals surface area (Å²) in [5, 5.41) is 7.48. The molecule has 20 heavy (non-hydrogen) atoms. The Morgan fingerprint density at radius 2 is 2.30 bits per heavy atom. The fraction of sp³-hybridized carbons (Fsp3) is 0.385. The highest BCUT2D eigenvalue weighted by Crippen LogP contribution is 2.23. The molecule has 1 saturated heterocycles. The molecular formula is C13H16ClIN4O. The Labute approximate surface area is 137 Å². The number of piperazine rings is 1. The van der Waals surface area contributed by atoms with E-state index in [1.165, 1.54) is 0 Å². The Bertz CT molecular complexity index is 577. The molecule has 2 aromatic rings. The summed E-state index contributed by atoms with van der Waals surface area (Å²) in [4.78, 5) is 6.78. The van der Waals surface area contributed by atoms with Crippen molar-refractivity contribution in [1.29, 1.82) is 0 Å². The first kappa shape index (κ1) is 15.7. The average Bonchev–Trinajstić information content (AvgIpc) is 2.89. The molecule has 0 aliphatic carbocycles. The van der Waals surface area contributed by atoms with Gasteiger partial charge < -0.3 is 9.84 Å². The van der Waals surface area contributed by atoms with E-state index in [9.17, 15) is 0 Å². The molecule has 1 aliphatic rings. The summed E-state index contributed by atoms with van der Waals surface area (Å²) in [6.07, 6.45) is 0. The van der Waals surface area contributed by atoms with Crippen LogP contribution in [0.4, 0.5) is 0 Å². The summed E-state index contributed by atoms with van der Waals surface area (Å²) in [5.41, 5.74) is 0.970. The van der Waals surface area contributed by atoms with Crippen LogP contribution in [0.3, 0.4) is 0 Å². The Morgan fingerprint density at radius 1 is 1.45 bits per heavy atom. The second-order valence-corrected chi connectivity index (χ2v) is 5.91. The zero-order chi connectivity index (χ0) is 13.2. The standard InChI is InChI=1S/C13H15IN4O.ClH/c1-18-6-5-15-8-11(18)12-16-13(19-17-12)9-3-2-4-10(14)7-9;/h2-4,7,11,15H,5-6,8H2,1H3;1H. The molecule has 0 radical (unpaired) electrons. The van der Waals surface area contributed by atoms with Crippen LogP contribution in [0.2, 0.25) is 0 Å². The van der Waals surface area contributed by atoms with E-state index >= 15 is 0 Å². The molecule has 5 nitrogen and oxygen atoms in total. The molecule has 3 rings (SSSR count). The summed E-state index contributed by atoms with van der Waals surface area (Å²) >= 11 is 2.28. The van der Waals surface area contributed by atoms with Crippen molar-refractivity contribution in [3.63, 3.8) is 0 Å². The van der Waals surface area contributed by atoms with Gasteiger partial charge in [-0.2, -0.15) is 4.98 Å². The molecule has 1 aromatic heterocycles. The first-order valence-electron chi connectivity index (χ1n) is 6.24. The van der Waals surface area contributed by atoms with Crippen molar-refractivity contribution >= 4 is 35.0 Å². The van der Waals surface area contributed by atoms with E-state index < -0.39 is 0 Å². The average molecular weight is 407 g/mol. The Morgan fingerprint density at radius 3 is 3.05 bits per heavy atom. The highest BCUT2D eigenvalue weighted by Gasteiger charge is 2.25. The summed E-state index contributed by atoms with van der Waals surface area (Å²) in [5.74, 6) is 1.34. The van der Waals surface area contributed by atoms with E-state index in [1.54, 1.807) is 0 Å². The van der Waals surface area contributed by atoms with E-state index in [0.29, 0.717) is 5.89 Å². The lowest BCUT2D eigenvalue weighted by Gasteiger charge is -2.30. The smallest absolute Gasteiger partial charge is 0.258 e. The summed E-state index contributed by atoms with van der Waals surface area (Å²) in [7, 11) is 2.09. The van der Waals surface area contributed by atoms with Crippen LogP contribution in [-0.4, -0.2) is 41.7 Å². The van der Waals surface area contributed by atoms with Gasteiger partial charge in [0, 0.05) is 28.8 Å². The lowest BCUT2D eigenvalue weighted by Crippen LogP contribution is -2.44. The van der Waals surface area contributed by atoms with Crippen molar-refractivity contribution < 1.29 is 4.52 Å². The van der Waals surface area contributed by atoms with Crippen molar-refractivity contribution in [2.45, 2.75) is 6.04 Å². The number of halogens is 2. The van der Waals surface area contributed by atoms with Gasteiger partial charge in [-0.1, -0.05) is 11.2 Å². The molecule has 108 valence electrons. The highest BCUT2D eigenvalue weighted by atomic mass is 127. The third kappa shape index (κ3) is 3.30. The summed E-state index contributed by atoms with van der Waals surface area (Å²) in [6.45, 7) is 2.87. The third-order valence-corrected chi connectivity index (χ3v) is 3.99. The van der Waals surface area contributed by atoms with Crippen LogP contribution in [0.1, 0.15) is 11.9 Å². The highest BCUT2D eigenvalue weighted by molar-refractivity contribution is 14.1. The SMILES string of the molecule is CN1CCNCC1c1noc(-c2cccc(I)c2)n1.Cl. The zero-order valence-electron chi connectivity index (χ0n) is 11.0. The lowest BCUT2D eigenvalue weighted by atomic mass is 10.2. The number of nitrogens with one attached hydrogen (secondary N) is 1. The second-order valence-electron chi connectivity index (χ2n) is 4.67. The minimum Gasteiger partial charge on any atom is -0.334 e. The molecule has 1 N–H and O–H groups in total. The number of rotatable bonds is 2. The van der Waals surface area contributed by atoms with Crippen LogP contribution >= 0.6 is 35.0 Å². The van der Waals surface area contributed by atoms with Crippen molar-refractivity contribution in [2.24, 2.45) is 0 Å². The van der Waals surface area contributed by atoms with E-state index in [2.05, 4.69) is 50.0 Å². The molecule has 1 unspecified atom stereocenters. The molecule has 7 heteroatoms. The van der Waals surface area contributed by atoms with Crippen LogP contribution in [-0.2, 0) is 0 Å². The molecule has 0 saturated carbocycles. The van der Waals surface area contributed by atoms with Gasteiger partial charge in [-0.15, -0.1) is 12.4 Å². The van der Waals surface area contributed by atoms with E-state index in [-0.39, 0.29) is 18.4 Å². The molecule has 0 amide bonds. The Kier molecular flexibility index (Phi) is 5.36. The van der Waals surface area contributed by atoms with Gasteiger partial charge >= 0.3 is 0 Å². The molecular weight excluding hydrogens is 391 g/mol. The molecule has 1 aliphatic heterocycles. The van der Waals surface area contributed by atoms with E-state index in [4.69, 9.17) is 4.52 Å². The third-order valence-electron chi connectivity index (χ3n) is 3.32. The van der Waals surface area contributed by atoms with Crippen molar-refractivity contribution in [2.75, 3.05) is 26.7 Å². The molecule has 0 bridgehead atoms. The van der Waals surface area contributed by atoms with Gasteiger partial charge in [0.25, 0.3) is 5.89 Å².